The number of nitrogens with zero attached hydrogens (tertiary/aromatic N) is 4. The number of nitrogens with one attached hydrogen (secondary N) is 1. The lowest BCUT2D eigenvalue weighted by molar-refractivity contribution is 0.0675. The Hall–Kier alpha value is -2.63. The van der Waals surface area contributed by atoms with Crippen LogP contribution in [0.15, 0.2) is 36.9 Å². The van der Waals surface area contributed by atoms with Crippen molar-refractivity contribution in [3.63, 3.8) is 0 Å². The molecule has 1 aliphatic rings. The first kappa shape index (κ1) is 14.0. The minimum Gasteiger partial charge on any atom is -0.345 e. The standard InChI is InChI=1S/C17H19N5O/c1-12-8-20-22(10-12)13-4-3-7-21(11-13)17(23)15-9-19-16-14(15)5-2-6-18-16/h2,5-6,8-10,13H,3-4,7,11H2,1H3,(H,18,19). The second kappa shape index (κ2) is 5.53. The van der Waals surface area contributed by atoms with E-state index in [0.29, 0.717) is 12.1 Å². The first-order valence-electron chi connectivity index (χ1n) is 7.94. The van der Waals surface area contributed by atoms with Crippen LogP contribution in [0.4, 0.5) is 0 Å². The highest BCUT2D eigenvalue weighted by molar-refractivity contribution is 6.05. The number of hydrogen-bond acceptors (Lipinski definition) is 3. The number of amides is 1. The van der Waals surface area contributed by atoms with Crippen LogP contribution in [-0.4, -0.2) is 43.6 Å². The molecule has 6 heteroatoms. The maximum absolute atomic E-state index is 12.9. The number of aryl methyl sites for hydroxylation is 1. The summed E-state index contributed by atoms with van der Waals surface area (Å²) >= 11 is 0. The summed E-state index contributed by atoms with van der Waals surface area (Å²) in [5.74, 6) is 0.0674. The van der Waals surface area contributed by atoms with Gasteiger partial charge in [-0.15, -0.1) is 0 Å². The van der Waals surface area contributed by atoms with Crippen LogP contribution >= 0.6 is 0 Å². The minimum atomic E-state index is 0.0674. The van der Waals surface area contributed by atoms with E-state index in [0.717, 1.165) is 36.0 Å². The maximum atomic E-state index is 12.9. The van der Waals surface area contributed by atoms with E-state index in [4.69, 9.17) is 0 Å². The highest BCUT2D eigenvalue weighted by atomic mass is 16.2. The Morgan fingerprint density at radius 3 is 3.17 bits per heavy atom. The van der Waals surface area contributed by atoms with Gasteiger partial charge < -0.3 is 9.88 Å². The number of rotatable bonds is 2. The largest absolute Gasteiger partial charge is 0.345 e. The van der Waals surface area contributed by atoms with Gasteiger partial charge in [0.25, 0.3) is 5.91 Å². The zero-order valence-electron chi connectivity index (χ0n) is 13.1. The third-order valence-electron chi connectivity index (χ3n) is 4.47. The topological polar surface area (TPSA) is 66.8 Å². The van der Waals surface area contributed by atoms with Gasteiger partial charge in [0.05, 0.1) is 17.8 Å². The quantitative estimate of drug-likeness (QED) is 0.791. The summed E-state index contributed by atoms with van der Waals surface area (Å²) in [4.78, 5) is 22.2. The highest BCUT2D eigenvalue weighted by Gasteiger charge is 2.27. The number of likely N-dealkylation sites (tertiary alicyclic amines) is 1. The molecular weight excluding hydrogens is 290 g/mol. The molecule has 0 aliphatic carbocycles. The number of fused-ring (bicyclic) bond motifs is 1. The van der Waals surface area contributed by atoms with Gasteiger partial charge in [-0.25, -0.2) is 4.98 Å². The molecular formula is C17H19N5O. The van der Waals surface area contributed by atoms with Crippen LogP contribution < -0.4 is 0 Å². The number of carbonyl (C=O) groups is 1. The lowest BCUT2D eigenvalue weighted by Gasteiger charge is -2.32. The van der Waals surface area contributed by atoms with Crippen LogP contribution in [0.5, 0.6) is 0 Å². The molecule has 1 saturated heterocycles. The fourth-order valence-corrected chi connectivity index (χ4v) is 3.29. The zero-order chi connectivity index (χ0) is 15.8. The average Bonchev–Trinajstić information content (AvgIpc) is 3.20. The Bertz CT molecular complexity index is 849. The number of pyridine rings is 1. The number of carbonyl (C=O) groups excluding carboxylic acids is 1. The fraction of sp³-hybridized carbons (Fsp3) is 0.353. The van der Waals surface area contributed by atoms with Crippen LogP contribution in [0, 0.1) is 6.92 Å². The number of piperidine rings is 1. The molecule has 4 heterocycles. The lowest BCUT2D eigenvalue weighted by Crippen LogP contribution is -2.40. The van der Waals surface area contributed by atoms with E-state index >= 15 is 0 Å². The average molecular weight is 309 g/mol. The Morgan fingerprint density at radius 2 is 2.35 bits per heavy atom. The molecule has 1 amide bonds. The molecule has 6 nitrogen and oxygen atoms in total. The normalized spacial score (nSPS) is 18.5. The maximum Gasteiger partial charge on any atom is 0.256 e. The predicted molar refractivity (Wildman–Crippen MR) is 87.2 cm³/mol. The highest BCUT2D eigenvalue weighted by Crippen LogP contribution is 2.24. The van der Waals surface area contributed by atoms with Crippen LogP contribution in [-0.2, 0) is 0 Å². The van der Waals surface area contributed by atoms with Gasteiger partial charge in [0.1, 0.15) is 5.65 Å². The van der Waals surface area contributed by atoms with Crippen LogP contribution in [0.3, 0.4) is 0 Å². The minimum absolute atomic E-state index is 0.0674. The molecule has 1 fully saturated rings. The van der Waals surface area contributed by atoms with Crippen molar-refractivity contribution >= 4 is 16.9 Å². The Kier molecular flexibility index (Phi) is 3.37. The Labute approximate surface area is 134 Å². The second-order valence-corrected chi connectivity index (χ2v) is 6.15. The van der Waals surface area contributed by atoms with Crippen molar-refractivity contribution in [3.05, 3.63) is 48.0 Å². The molecule has 0 spiro atoms. The number of H-pyrrole nitrogens is 1. The molecule has 4 rings (SSSR count). The molecule has 3 aromatic heterocycles. The molecule has 1 unspecified atom stereocenters. The summed E-state index contributed by atoms with van der Waals surface area (Å²) in [5, 5.41) is 5.29. The number of aromatic nitrogens is 4. The van der Waals surface area contributed by atoms with E-state index < -0.39 is 0 Å². The van der Waals surface area contributed by atoms with Gasteiger partial charge in [0.2, 0.25) is 0 Å². The van der Waals surface area contributed by atoms with Crippen LogP contribution in [0.2, 0.25) is 0 Å². The van der Waals surface area contributed by atoms with Gasteiger partial charge in [-0.2, -0.15) is 5.10 Å². The van der Waals surface area contributed by atoms with E-state index in [9.17, 15) is 4.79 Å². The summed E-state index contributed by atoms with van der Waals surface area (Å²) in [6, 6.07) is 4.05. The molecule has 23 heavy (non-hydrogen) atoms. The molecule has 1 atom stereocenters. The van der Waals surface area contributed by atoms with Gasteiger partial charge in [-0.3, -0.25) is 9.48 Å². The fourth-order valence-electron chi connectivity index (χ4n) is 3.29. The van der Waals surface area contributed by atoms with Crippen molar-refractivity contribution in [2.45, 2.75) is 25.8 Å². The summed E-state index contributed by atoms with van der Waals surface area (Å²) in [6.45, 7) is 3.53. The first-order valence-corrected chi connectivity index (χ1v) is 7.94. The van der Waals surface area contributed by atoms with Crippen molar-refractivity contribution in [3.8, 4) is 0 Å². The molecule has 0 bridgehead atoms. The Balaban J connectivity index is 1.58. The molecule has 0 aromatic carbocycles. The first-order chi connectivity index (χ1) is 11.2. The van der Waals surface area contributed by atoms with Crippen LogP contribution in [0.1, 0.15) is 34.8 Å². The van der Waals surface area contributed by atoms with E-state index in [1.54, 1.807) is 12.4 Å². The van der Waals surface area contributed by atoms with E-state index in [-0.39, 0.29) is 11.9 Å². The molecule has 118 valence electrons. The number of aromatic amines is 1. The van der Waals surface area contributed by atoms with E-state index in [1.165, 1.54) is 0 Å². The van der Waals surface area contributed by atoms with Crippen molar-refractivity contribution in [1.82, 2.24) is 24.6 Å². The van der Waals surface area contributed by atoms with E-state index in [1.807, 2.05) is 41.0 Å². The smallest absolute Gasteiger partial charge is 0.256 e. The Morgan fingerprint density at radius 1 is 1.43 bits per heavy atom. The molecule has 0 saturated carbocycles. The third-order valence-corrected chi connectivity index (χ3v) is 4.47. The summed E-state index contributed by atoms with van der Waals surface area (Å²) in [5.41, 5.74) is 2.61. The van der Waals surface area contributed by atoms with Gasteiger partial charge in [-0.05, 0) is 37.5 Å². The molecule has 0 radical (unpaired) electrons. The van der Waals surface area contributed by atoms with Crippen molar-refractivity contribution < 1.29 is 4.79 Å². The van der Waals surface area contributed by atoms with Gasteiger partial charge in [-0.1, -0.05) is 0 Å². The zero-order valence-corrected chi connectivity index (χ0v) is 13.1. The number of hydrogen-bond donors (Lipinski definition) is 1. The third kappa shape index (κ3) is 2.50. The second-order valence-electron chi connectivity index (χ2n) is 6.15. The summed E-state index contributed by atoms with van der Waals surface area (Å²) in [7, 11) is 0. The molecule has 1 aliphatic heterocycles. The SMILES string of the molecule is Cc1cnn(C2CCCN(C(=O)c3c[nH]c4ncccc34)C2)c1. The van der Waals surface area contributed by atoms with Gasteiger partial charge in [0, 0.05) is 37.1 Å². The van der Waals surface area contributed by atoms with Crippen molar-refractivity contribution in [2.24, 2.45) is 0 Å². The monoisotopic (exact) mass is 309 g/mol. The van der Waals surface area contributed by atoms with Gasteiger partial charge in [0.15, 0.2) is 0 Å². The van der Waals surface area contributed by atoms with Crippen molar-refractivity contribution in [2.75, 3.05) is 13.1 Å². The van der Waals surface area contributed by atoms with Crippen LogP contribution in [0.25, 0.3) is 11.0 Å². The van der Waals surface area contributed by atoms with E-state index in [2.05, 4.69) is 15.1 Å². The lowest BCUT2D eigenvalue weighted by atomic mass is 10.0. The summed E-state index contributed by atoms with van der Waals surface area (Å²) < 4.78 is 1.99. The van der Waals surface area contributed by atoms with Gasteiger partial charge >= 0.3 is 0 Å². The molecule has 3 aromatic rings. The molecule has 1 N–H and O–H groups in total. The van der Waals surface area contributed by atoms with Crippen molar-refractivity contribution in [1.29, 1.82) is 0 Å². The predicted octanol–water partition coefficient (Wildman–Crippen LogP) is 2.55. The summed E-state index contributed by atoms with van der Waals surface area (Å²) in [6.07, 6.45) is 9.46.